The topological polar surface area (TPSA) is 66.2 Å². The molecule has 0 atom stereocenters. The average Bonchev–Trinajstić information content (AvgIpc) is 3.59. The van der Waals surface area contributed by atoms with Crippen molar-refractivity contribution in [3.63, 3.8) is 0 Å². The maximum Gasteiger partial charge on any atom is 0.116 e. The lowest BCUT2D eigenvalue weighted by atomic mass is 10.1. The normalized spacial score (nSPS) is 11.3. The number of thiophene rings is 2. The minimum absolute atomic E-state index is 0.263. The molecule has 0 unspecified atom stereocenters. The molecule has 0 amide bonds. The van der Waals surface area contributed by atoms with Gasteiger partial charge in [-0.2, -0.15) is 8.75 Å². The van der Waals surface area contributed by atoms with Crippen molar-refractivity contribution in [2.75, 3.05) is 0 Å². The van der Waals surface area contributed by atoms with Gasteiger partial charge in [-0.05, 0) is 59.7 Å². The smallest absolute Gasteiger partial charge is 0.116 e. The van der Waals surface area contributed by atoms with Crippen LogP contribution in [0.3, 0.4) is 0 Å². The molecule has 0 radical (unpaired) electrons. The highest BCUT2D eigenvalue weighted by molar-refractivity contribution is 7.19. The first kappa shape index (κ1) is 20.1. The average molecular weight is 485 g/mol. The lowest BCUT2D eigenvalue weighted by Gasteiger charge is -2.04. The number of hydrogen-bond donors (Lipinski definition) is 2. The van der Waals surface area contributed by atoms with Crippen LogP contribution in [0.15, 0.2) is 84.9 Å². The molecule has 6 rings (SSSR count). The molecule has 0 saturated carbocycles. The second-order valence-corrected chi connectivity index (χ2v) is 10.2. The van der Waals surface area contributed by atoms with Crippen molar-refractivity contribution >= 4 is 45.4 Å². The SMILES string of the molecule is Oc1cccc(-c2ccc(-c3ccc(-c4ccc(-c5cccc(O)c5)s4)c4nsnc34)s2)c1. The molecule has 0 aliphatic rings. The van der Waals surface area contributed by atoms with Gasteiger partial charge in [0.05, 0.1) is 11.7 Å². The molecule has 7 heteroatoms. The minimum atomic E-state index is 0.263. The molecular weight excluding hydrogens is 468 g/mol. The summed E-state index contributed by atoms with van der Waals surface area (Å²) < 4.78 is 9.25. The fourth-order valence-corrected chi connectivity index (χ4v) is 6.49. The number of fused-ring (bicyclic) bond motifs is 1. The Kier molecular flexibility index (Phi) is 4.95. The van der Waals surface area contributed by atoms with Crippen molar-refractivity contribution in [3.05, 3.63) is 84.9 Å². The molecule has 3 aromatic heterocycles. The Hall–Kier alpha value is -3.52. The van der Waals surface area contributed by atoms with Gasteiger partial charge in [0.1, 0.15) is 22.5 Å². The molecule has 33 heavy (non-hydrogen) atoms. The van der Waals surface area contributed by atoms with Crippen molar-refractivity contribution in [3.8, 4) is 53.3 Å². The van der Waals surface area contributed by atoms with E-state index in [1.54, 1.807) is 46.9 Å². The second-order valence-electron chi connectivity index (χ2n) is 7.55. The Balaban J connectivity index is 1.40. The Labute approximate surface area is 202 Å². The predicted octanol–water partition coefficient (Wildman–Crippen LogP) is 7.89. The molecule has 0 saturated heterocycles. The van der Waals surface area contributed by atoms with Crippen molar-refractivity contribution in [2.45, 2.75) is 0 Å². The van der Waals surface area contributed by atoms with Crippen LogP contribution in [0.5, 0.6) is 11.5 Å². The van der Waals surface area contributed by atoms with Crippen LogP contribution in [0.1, 0.15) is 0 Å². The quantitative estimate of drug-likeness (QED) is 0.267. The predicted molar refractivity (Wildman–Crippen MR) is 138 cm³/mol. The standard InChI is InChI=1S/C26H16N2O2S3/c29-17-5-1-3-15(13-17)21-9-11-23(31-21)19-7-8-20(26-25(19)27-33-28-26)24-12-10-22(32-24)16-4-2-6-18(30)14-16/h1-14,29-30H. The number of phenolic OH excluding ortho intramolecular Hbond substituents is 2. The molecule has 2 N–H and O–H groups in total. The molecule has 0 fully saturated rings. The van der Waals surface area contributed by atoms with E-state index < -0.39 is 0 Å². The van der Waals surface area contributed by atoms with Crippen LogP contribution in [0.4, 0.5) is 0 Å². The number of phenols is 2. The van der Waals surface area contributed by atoms with Crippen molar-refractivity contribution in [1.82, 2.24) is 8.75 Å². The summed E-state index contributed by atoms with van der Waals surface area (Å²) in [6, 6.07) is 27.2. The van der Waals surface area contributed by atoms with Crippen molar-refractivity contribution in [1.29, 1.82) is 0 Å². The van der Waals surface area contributed by atoms with Crippen LogP contribution in [0.25, 0.3) is 52.8 Å². The largest absolute Gasteiger partial charge is 0.508 e. The van der Waals surface area contributed by atoms with Gasteiger partial charge in [-0.3, -0.25) is 0 Å². The molecule has 4 nitrogen and oxygen atoms in total. The Morgan fingerprint density at radius 2 is 0.970 bits per heavy atom. The summed E-state index contributed by atoms with van der Waals surface area (Å²) in [4.78, 5) is 4.42. The van der Waals surface area contributed by atoms with Crippen molar-refractivity contribution < 1.29 is 10.2 Å². The summed E-state index contributed by atoms with van der Waals surface area (Å²) >= 11 is 4.57. The number of aromatic nitrogens is 2. The Morgan fingerprint density at radius 3 is 1.42 bits per heavy atom. The van der Waals surface area contributed by atoms with E-state index in [9.17, 15) is 10.2 Å². The van der Waals surface area contributed by atoms with Gasteiger partial charge in [0.2, 0.25) is 0 Å². The van der Waals surface area contributed by atoms with E-state index >= 15 is 0 Å². The van der Waals surface area contributed by atoms with Gasteiger partial charge in [-0.1, -0.05) is 36.4 Å². The molecule has 0 bridgehead atoms. The first-order chi connectivity index (χ1) is 16.2. The molecule has 0 aliphatic carbocycles. The van der Waals surface area contributed by atoms with Gasteiger partial charge in [-0.25, -0.2) is 0 Å². The van der Waals surface area contributed by atoms with Crippen LogP contribution >= 0.6 is 34.4 Å². The number of aromatic hydroxyl groups is 2. The van der Waals surface area contributed by atoms with E-state index in [2.05, 4.69) is 45.1 Å². The van der Waals surface area contributed by atoms with Crippen LogP contribution in [-0.4, -0.2) is 19.0 Å². The highest BCUT2D eigenvalue weighted by Gasteiger charge is 2.16. The van der Waals surface area contributed by atoms with Gasteiger partial charge in [0, 0.05) is 30.6 Å². The molecular formula is C26H16N2O2S3. The van der Waals surface area contributed by atoms with Gasteiger partial charge < -0.3 is 10.2 Å². The maximum absolute atomic E-state index is 9.81. The van der Waals surface area contributed by atoms with Gasteiger partial charge in [0.25, 0.3) is 0 Å². The fourth-order valence-electron chi connectivity index (χ4n) is 3.86. The lowest BCUT2D eigenvalue weighted by molar-refractivity contribution is 0.475. The molecule has 3 aromatic carbocycles. The summed E-state index contributed by atoms with van der Waals surface area (Å²) in [5.41, 5.74) is 5.90. The summed E-state index contributed by atoms with van der Waals surface area (Å²) in [5.74, 6) is 0.526. The third kappa shape index (κ3) is 3.70. The van der Waals surface area contributed by atoms with E-state index in [0.717, 1.165) is 52.8 Å². The minimum Gasteiger partial charge on any atom is -0.508 e. The zero-order valence-corrected chi connectivity index (χ0v) is 19.5. The highest BCUT2D eigenvalue weighted by Crippen LogP contribution is 2.42. The molecule has 6 aromatic rings. The molecule has 3 heterocycles. The van der Waals surface area contributed by atoms with E-state index in [4.69, 9.17) is 0 Å². The monoisotopic (exact) mass is 484 g/mol. The van der Waals surface area contributed by atoms with Crippen molar-refractivity contribution in [2.24, 2.45) is 0 Å². The van der Waals surface area contributed by atoms with Crippen LogP contribution < -0.4 is 0 Å². The zero-order chi connectivity index (χ0) is 22.4. The van der Waals surface area contributed by atoms with Gasteiger partial charge in [-0.15, -0.1) is 22.7 Å². The zero-order valence-electron chi connectivity index (χ0n) is 17.1. The maximum atomic E-state index is 9.81. The third-order valence-electron chi connectivity index (χ3n) is 5.42. The second kappa shape index (κ2) is 8.12. The van der Waals surface area contributed by atoms with Gasteiger partial charge >= 0.3 is 0 Å². The number of benzene rings is 3. The lowest BCUT2D eigenvalue weighted by Crippen LogP contribution is -1.81. The number of rotatable bonds is 4. The first-order valence-electron chi connectivity index (χ1n) is 10.2. The fraction of sp³-hybridized carbons (Fsp3) is 0. The first-order valence-corrected chi connectivity index (χ1v) is 12.6. The van der Waals surface area contributed by atoms with E-state index in [1.807, 2.05) is 24.3 Å². The molecule has 0 aliphatic heterocycles. The van der Waals surface area contributed by atoms with E-state index in [1.165, 1.54) is 11.7 Å². The van der Waals surface area contributed by atoms with E-state index in [-0.39, 0.29) is 11.5 Å². The summed E-state index contributed by atoms with van der Waals surface area (Å²) in [6.45, 7) is 0. The summed E-state index contributed by atoms with van der Waals surface area (Å²) in [5, 5.41) is 19.6. The highest BCUT2D eigenvalue weighted by atomic mass is 32.1. The number of hydrogen-bond acceptors (Lipinski definition) is 7. The number of nitrogens with zero attached hydrogens (tertiary/aromatic N) is 2. The third-order valence-corrected chi connectivity index (χ3v) is 8.28. The van der Waals surface area contributed by atoms with E-state index in [0.29, 0.717) is 0 Å². The van der Waals surface area contributed by atoms with Crippen LogP contribution in [-0.2, 0) is 0 Å². The van der Waals surface area contributed by atoms with Gasteiger partial charge in [0.15, 0.2) is 0 Å². The Morgan fingerprint density at radius 1 is 0.515 bits per heavy atom. The van der Waals surface area contributed by atoms with Crippen LogP contribution in [0, 0.1) is 0 Å². The molecule has 160 valence electrons. The summed E-state index contributed by atoms with van der Waals surface area (Å²) in [6.07, 6.45) is 0. The Bertz CT molecular complexity index is 1500. The molecule has 0 spiro atoms. The summed E-state index contributed by atoms with van der Waals surface area (Å²) in [7, 11) is 0. The van der Waals surface area contributed by atoms with Crippen LogP contribution in [0.2, 0.25) is 0 Å².